The summed E-state index contributed by atoms with van der Waals surface area (Å²) in [5, 5.41) is 23.2. The van der Waals surface area contributed by atoms with Gasteiger partial charge in [-0.15, -0.1) is 0 Å². The number of guanidine groups is 1. The number of amides is 7. The van der Waals surface area contributed by atoms with Gasteiger partial charge in [0, 0.05) is 53.5 Å². The molecule has 2 fully saturated rings. The van der Waals surface area contributed by atoms with Gasteiger partial charge in [-0.1, -0.05) is 39.8 Å². The van der Waals surface area contributed by atoms with E-state index >= 15 is 0 Å². The van der Waals surface area contributed by atoms with Gasteiger partial charge >= 0.3 is 5.97 Å². The van der Waals surface area contributed by atoms with Crippen LogP contribution in [0, 0.1) is 0 Å². The Hall–Kier alpha value is -5.51. The topological polar surface area (TPSA) is 326 Å². The number of carboxylic acid groups (broad SMARTS) is 1. The Morgan fingerprint density at radius 2 is 1.66 bits per heavy atom. The fraction of sp³-hybridized carbons (Fsp3) is 0.528. The van der Waals surface area contributed by atoms with Gasteiger partial charge in [-0.2, -0.15) is 0 Å². The molecule has 7 amide bonds. The van der Waals surface area contributed by atoms with Crippen LogP contribution in [0.2, 0.25) is 0 Å². The van der Waals surface area contributed by atoms with Crippen LogP contribution in [0.3, 0.4) is 0 Å². The molecule has 13 N–H and O–H groups in total. The smallest absolute Gasteiger partial charge is 0.305 e. The number of aromatic amines is 1. The Bertz CT molecular complexity index is 1900. The molecule has 2 aromatic rings. The number of carboxylic acids is 1. The van der Waals surface area contributed by atoms with E-state index < -0.39 is 95.2 Å². The molecular weight excluding hydrogens is 795 g/mol. The molecule has 0 saturated carbocycles. The molecule has 316 valence electrons. The van der Waals surface area contributed by atoms with Gasteiger partial charge in [0.25, 0.3) is 0 Å². The number of carbonyl (C=O) groups is 8. The molecule has 4 rings (SSSR count). The van der Waals surface area contributed by atoms with Crippen molar-refractivity contribution >= 4 is 85.8 Å². The van der Waals surface area contributed by atoms with Crippen LogP contribution in [0.4, 0.5) is 0 Å². The summed E-state index contributed by atoms with van der Waals surface area (Å²) in [5.41, 5.74) is 18.0. The average molecular weight is 846 g/mol. The lowest BCUT2D eigenvalue weighted by Crippen LogP contribution is -2.60. The molecule has 0 aliphatic carbocycles. The Morgan fingerprint density at radius 3 is 2.36 bits per heavy atom. The largest absolute Gasteiger partial charge is 0.481 e. The normalized spacial score (nSPS) is 24.4. The highest BCUT2D eigenvalue weighted by molar-refractivity contribution is 8.77. The molecule has 0 radical (unpaired) electrons. The minimum atomic E-state index is -1.69. The van der Waals surface area contributed by atoms with Crippen molar-refractivity contribution in [1.29, 1.82) is 0 Å². The highest BCUT2D eigenvalue weighted by atomic mass is 33.1. The number of primary amides is 1. The fourth-order valence-electron chi connectivity index (χ4n) is 6.66. The highest BCUT2D eigenvalue weighted by Crippen LogP contribution is 2.38. The number of aromatic nitrogens is 1. The lowest BCUT2D eigenvalue weighted by molar-refractivity contribution is -0.143. The number of H-pyrrole nitrogens is 1. The molecular formula is C36H51N11O9S2. The van der Waals surface area contributed by atoms with Crippen molar-refractivity contribution in [2.24, 2.45) is 22.2 Å². The van der Waals surface area contributed by atoms with E-state index in [0.29, 0.717) is 12.0 Å². The predicted molar refractivity (Wildman–Crippen MR) is 218 cm³/mol. The average Bonchev–Trinajstić information content (AvgIpc) is 3.82. The third-order valence-corrected chi connectivity index (χ3v) is 12.9. The third kappa shape index (κ3) is 12.7. The zero-order chi connectivity index (χ0) is 42.6. The number of aliphatic carboxylic acids is 1. The number of hydrogen-bond acceptors (Lipinski definition) is 11. The van der Waals surface area contributed by atoms with Gasteiger partial charge in [0.1, 0.15) is 30.2 Å². The van der Waals surface area contributed by atoms with Crippen molar-refractivity contribution in [3.8, 4) is 0 Å². The van der Waals surface area contributed by atoms with Crippen LogP contribution in [0.5, 0.6) is 0 Å². The second-order valence-corrected chi connectivity index (χ2v) is 17.5. The first-order valence-corrected chi connectivity index (χ1v) is 21.0. The Morgan fingerprint density at radius 1 is 0.931 bits per heavy atom. The van der Waals surface area contributed by atoms with Crippen molar-refractivity contribution < 1.29 is 43.5 Å². The summed E-state index contributed by atoms with van der Waals surface area (Å²) in [6.07, 6.45) is 1.69. The quantitative estimate of drug-likeness (QED) is 0.0585. The molecule has 1 aromatic heterocycles. The first-order valence-electron chi connectivity index (χ1n) is 18.7. The van der Waals surface area contributed by atoms with Crippen LogP contribution in [0.1, 0.15) is 57.9 Å². The van der Waals surface area contributed by atoms with Gasteiger partial charge in [-0.05, 0) is 51.2 Å². The monoisotopic (exact) mass is 845 g/mol. The van der Waals surface area contributed by atoms with Gasteiger partial charge in [-0.3, -0.25) is 43.3 Å². The Labute approximate surface area is 342 Å². The number of nitrogens with two attached hydrogens (primary N) is 3. The van der Waals surface area contributed by atoms with Crippen molar-refractivity contribution in [1.82, 2.24) is 36.5 Å². The first-order chi connectivity index (χ1) is 27.5. The van der Waals surface area contributed by atoms with E-state index in [1.807, 2.05) is 18.2 Å². The van der Waals surface area contributed by atoms with Crippen LogP contribution in [-0.4, -0.2) is 129 Å². The Balaban J connectivity index is 1.67. The predicted octanol–water partition coefficient (Wildman–Crippen LogP) is -1.67. The summed E-state index contributed by atoms with van der Waals surface area (Å²) < 4.78 is -0.996. The minimum absolute atomic E-state index is 0.0512. The molecule has 0 spiro atoms. The molecule has 22 heteroatoms. The molecule has 20 nitrogen and oxygen atoms in total. The summed E-state index contributed by atoms with van der Waals surface area (Å²) in [6, 6.07) is 0.869. The maximum Gasteiger partial charge on any atom is 0.305 e. The summed E-state index contributed by atoms with van der Waals surface area (Å²) in [4.78, 5) is 115. The highest BCUT2D eigenvalue weighted by Gasteiger charge is 2.43. The molecule has 2 aliphatic heterocycles. The van der Waals surface area contributed by atoms with E-state index in [1.165, 1.54) is 26.5 Å². The lowest BCUT2D eigenvalue weighted by Gasteiger charge is -2.34. The van der Waals surface area contributed by atoms with Crippen LogP contribution < -0.4 is 43.8 Å². The van der Waals surface area contributed by atoms with Crippen LogP contribution in [-0.2, 0) is 44.8 Å². The van der Waals surface area contributed by atoms with Crippen LogP contribution >= 0.6 is 21.6 Å². The van der Waals surface area contributed by atoms with E-state index in [2.05, 4.69) is 36.6 Å². The van der Waals surface area contributed by atoms with Gasteiger partial charge in [-0.25, -0.2) is 0 Å². The second-order valence-electron chi connectivity index (χ2n) is 14.4. The van der Waals surface area contributed by atoms with E-state index in [9.17, 15) is 43.5 Å². The molecule has 5 atom stereocenters. The van der Waals surface area contributed by atoms with Gasteiger partial charge in [0.15, 0.2) is 5.96 Å². The van der Waals surface area contributed by atoms with E-state index in [4.69, 9.17) is 17.2 Å². The van der Waals surface area contributed by atoms with E-state index in [0.717, 1.165) is 10.9 Å². The fourth-order valence-corrected chi connectivity index (χ4v) is 9.28. The van der Waals surface area contributed by atoms with Crippen LogP contribution in [0.25, 0.3) is 10.9 Å². The second kappa shape index (κ2) is 20.8. The number of para-hydroxylation sites is 1. The molecule has 2 aliphatic rings. The SMILES string of the molecule is CC1(C)SSCCC(=O)N[C@@H](CCCN=C(N)N)C(=O)NCC(=O)N[C@@H](CC(=O)O)C(=O)N[C@@H](Cc2c[nH]c3ccccc23)C(=O)N2CCC[C@H]2C(=O)N[C@@H]1C(N)=O. The molecule has 0 unspecified atom stereocenters. The maximum atomic E-state index is 14.4. The number of rotatable bonds is 9. The number of aliphatic imine (C=N–C) groups is 1. The van der Waals surface area contributed by atoms with Crippen molar-refractivity contribution in [2.75, 3.05) is 25.4 Å². The third-order valence-electron chi connectivity index (χ3n) is 9.56. The van der Waals surface area contributed by atoms with E-state index in [1.54, 1.807) is 26.1 Å². The molecule has 1 aromatic carbocycles. The lowest BCUT2D eigenvalue weighted by atomic mass is 10.0. The van der Waals surface area contributed by atoms with Gasteiger partial charge in [0.05, 0.1) is 13.0 Å². The summed E-state index contributed by atoms with van der Waals surface area (Å²) in [7, 11) is 2.46. The molecule has 0 bridgehead atoms. The van der Waals surface area contributed by atoms with Crippen molar-refractivity contribution in [3.05, 3.63) is 36.0 Å². The summed E-state index contributed by atoms with van der Waals surface area (Å²) in [5.74, 6) is -6.64. The maximum absolute atomic E-state index is 14.4. The molecule has 2 saturated heterocycles. The zero-order valence-electron chi connectivity index (χ0n) is 32.2. The number of nitrogens with zero attached hydrogens (tertiary/aromatic N) is 2. The van der Waals surface area contributed by atoms with Crippen molar-refractivity contribution in [3.63, 3.8) is 0 Å². The Kier molecular flexibility index (Phi) is 16.2. The minimum Gasteiger partial charge on any atom is -0.481 e. The standard InChI is InChI=1S/C36H51N11O9S2/c1-36(2)29(30(37)52)46-33(55)25-10-6-13-47(25)34(56)24(15-19-17-41-21-8-4-3-7-20(19)21)45-32(54)23(16-28(50)51)44-27(49)18-42-31(53)22(9-5-12-40-35(38)39)43-26(48)11-14-57-58-36/h3-4,7-8,17,22-25,29,41H,5-6,9-16,18H2,1-2H3,(H2,37,52)(H,42,53)(H,43,48)(H,44,49)(H,45,54)(H,46,55)(H,50,51)(H4,38,39,40)/t22-,23-,24-,25-,29+/m0/s1. The molecule has 58 heavy (non-hydrogen) atoms. The summed E-state index contributed by atoms with van der Waals surface area (Å²) >= 11 is 0. The zero-order valence-corrected chi connectivity index (χ0v) is 33.8. The summed E-state index contributed by atoms with van der Waals surface area (Å²) in [6.45, 7) is 3.00. The number of fused-ring (bicyclic) bond motifs is 2. The number of benzene rings is 1. The van der Waals surface area contributed by atoms with E-state index in [-0.39, 0.29) is 56.9 Å². The molecule has 3 heterocycles. The van der Waals surface area contributed by atoms with Crippen molar-refractivity contribution in [2.45, 2.75) is 93.7 Å². The van der Waals surface area contributed by atoms with Crippen LogP contribution in [0.15, 0.2) is 35.5 Å². The first kappa shape index (κ1) is 45.2. The number of carbonyl (C=O) groups excluding carboxylic acids is 7. The van der Waals surface area contributed by atoms with Gasteiger partial charge in [0.2, 0.25) is 41.4 Å². The van der Waals surface area contributed by atoms with Gasteiger partial charge < -0.3 is 58.8 Å². The number of hydrogen-bond donors (Lipinski definition) is 10. The number of nitrogens with one attached hydrogen (secondary N) is 6.